The molecule has 1 aromatic rings. The molecule has 0 amide bonds. The topological polar surface area (TPSA) is 12.0 Å². The van der Waals surface area contributed by atoms with E-state index in [4.69, 9.17) is 0 Å². The molecular weight excluding hydrogens is 242 g/mol. The zero-order chi connectivity index (χ0) is 14.4. The normalized spacial score (nSPS) is 26.6. The van der Waals surface area contributed by atoms with Gasteiger partial charge in [-0.2, -0.15) is 0 Å². The summed E-state index contributed by atoms with van der Waals surface area (Å²) in [5, 5.41) is 3.80. The summed E-state index contributed by atoms with van der Waals surface area (Å²) in [6.45, 7) is 7.96. The minimum absolute atomic E-state index is 0.735. The summed E-state index contributed by atoms with van der Waals surface area (Å²) in [5.41, 5.74) is 2.88. The number of benzene rings is 1. The second-order valence-electron chi connectivity index (χ2n) is 6.60. The molecule has 0 heterocycles. The van der Waals surface area contributed by atoms with Gasteiger partial charge < -0.3 is 5.32 Å². The molecule has 20 heavy (non-hydrogen) atoms. The summed E-state index contributed by atoms with van der Waals surface area (Å²) in [6, 6.07) is 9.89. The van der Waals surface area contributed by atoms with E-state index in [0.717, 1.165) is 17.9 Å². The van der Waals surface area contributed by atoms with Crippen LogP contribution in [-0.2, 0) is 6.42 Å². The Hall–Kier alpha value is -0.820. The molecule has 1 aliphatic rings. The standard InChI is InChI=1S/C19H31N/c1-4-12-20-19-11-10-16(5-2)13-18(19)14-17-8-6-15(3)7-9-17/h6-9,16,18-20H,4-5,10-14H2,1-3H3. The van der Waals surface area contributed by atoms with Crippen LogP contribution in [0.4, 0.5) is 0 Å². The van der Waals surface area contributed by atoms with E-state index in [1.54, 1.807) is 0 Å². The van der Waals surface area contributed by atoms with Gasteiger partial charge in [0.2, 0.25) is 0 Å². The average Bonchev–Trinajstić information content (AvgIpc) is 2.48. The van der Waals surface area contributed by atoms with E-state index in [2.05, 4.69) is 50.4 Å². The highest BCUT2D eigenvalue weighted by molar-refractivity contribution is 5.22. The molecule has 0 spiro atoms. The SMILES string of the molecule is CCCNC1CCC(CC)CC1Cc1ccc(C)cc1. The lowest BCUT2D eigenvalue weighted by atomic mass is 9.74. The number of aryl methyl sites for hydroxylation is 1. The van der Waals surface area contributed by atoms with Crippen molar-refractivity contribution in [1.82, 2.24) is 5.32 Å². The first kappa shape index (κ1) is 15.6. The fourth-order valence-electron chi connectivity index (χ4n) is 3.58. The Bertz CT molecular complexity index is 381. The van der Waals surface area contributed by atoms with Crippen molar-refractivity contribution in [2.45, 2.75) is 65.3 Å². The van der Waals surface area contributed by atoms with Gasteiger partial charge in [0, 0.05) is 6.04 Å². The highest BCUT2D eigenvalue weighted by atomic mass is 14.9. The van der Waals surface area contributed by atoms with Crippen molar-refractivity contribution in [2.75, 3.05) is 6.54 Å². The van der Waals surface area contributed by atoms with Crippen molar-refractivity contribution >= 4 is 0 Å². The molecule has 1 aromatic carbocycles. The van der Waals surface area contributed by atoms with E-state index >= 15 is 0 Å². The molecule has 0 radical (unpaired) electrons. The van der Waals surface area contributed by atoms with Crippen molar-refractivity contribution in [3.8, 4) is 0 Å². The van der Waals surface area contributed by atoms with Gasteiger partial charge in [-0.15, -0.1) is 0 Å². The summed E-state index contributed by atoms with van der Waals surface area (Å²) in [6.07, 6.45) is 8.04. The maximum Gasteiger partial charge on any atom is 0.00987 e. The van der Waals surface area contributed by atoms with Crippen molar-refractivity contribution < 1.29 is 0 Å². The first-order valence-corrected chi connectivity index (χ1v) is 8.51. The van der Waals surface area contributed by atoms with Crippen LogP contribution in [0.5, 0.6) is 0 Å². The number of hydrogen-bond acceptors (Lipinski definition) is 1. The van der Waals surface area contributed by atoms with Gasteiger partial charge in [0.05, 0.1) is 0 Å². The van der Waals surface area contributed by atoms with Crippen molar-refractivity contribution in [3.63, 3.8) is 0 Å². The third-order valence-electron chi connectivity index (χ3n) is 4.94. The molecule has 1 heteroatoms. The molecule has 1 nitrogen and oxygen atoms in total. The van der Waals surface area contributed by atoms with Gasteiger partial charge in [0.25, 0.3) is 0 Å². The molecule has 0 bridgehead atoms. The van der Waals surface area contributed by atoms with E-state index in [1.807, 2.05) is 0 Å². The summed E-state index contributed by atoms with van der Waals surface area (Å²) in [5.74, 6) is 1.77. The monoisotopic (exact) mass is 273 g/mol. The Morgan fingerprint density at radius 1 is 1.10 bits per heavy atom. The largest absolute Gasteiger partial charge is 0.314 e. The van der Waals surface area contributed by atoms with Gasteiger partial charge >= 0.3 is 0 Å². The zero-order valence-corrected chi connectivity index (χ0v) is 13.5. The molecule has 0 aromatic heterocycles. The van der Waals surface area contributed by atoms with Crippen LogP contribution < -0.4 is 5.32 Å². The van der Waals surface area contributed by atoms with Gasteiger partial charge in [-0.3, -0.25) is 0 Å². The van der Waals surface area contributed by atoms with Gasteiger partial charge in [-0.1, -0.05) is 50.1 Å². The average molecular weight is 273 g/mol. The Morgan fingerprint density at radius 3 is 2.50 bits per heavy atom. The number of hydrogen-bond donors (Lipinski definition) is 1. The van der Waals surface area contributed by atoms with E-state index in [0.29, 0.717) is 0 Å². The second kappa shape index (κ2) is 7.83. The number of rotatable bonds is 6. The fourth-order valence-corrected chi connectivity index (χ4v) is 3.58. The zero-order valence-electron chi connectivity index (χ0n) is 13.5. The molecule has 1 N–H and O–H groups in total. The van der Waals surface area contributed by atoms with Crippen LogP contribution in [0.1, 0.15) is 57.1 Å². The number of nitrogens with one attached hydrogen (secondary N) is 1. The van der Waals surface area contributed by atoms with Gasteiger partial charge in [-0.05, 0) is 63.0 Å². The van der Waals surface area contributed by atoms with E-state index in [-0.39, 0.29) is 0 Å². The molecule has 2 rings (SSSR count). The van der Waals surface area contributed by atoms with Crippen LogP contribution in [0.3, 0.4) is 0 Å². The van der Waals surface area contributed by atoms with Crippen molar-refractivity contribution in [3.05, 3.63) is 35.4 Å². The first-order valence-electron chi connectivity index (χ1n) is 8.51. The van der Waals surface area contributed by atoms with Gasteiger partial charge in [0.15, 0.2) is 0 Å². The lowest BCUT2D eigenvalue weighted by molar-refractivity contribution is 0.198. The first-order chi connectivity index (χ1) is 9.72. The minimum atomic E-state index is 0.735. The summed E-state index contributed by atoms with van der Waals surface area (Å²) in [7, 11) is 0. The van der Waals surface area contributed by atoms with Gasteiger partial charge in [0.1, 0.15) is 0 Å². The third-order valence-corrected chi connectivity index (χ3v) is 4.94. The quantitative estimate of drug-likeness (QED) is 0.790. The Balaban J connectivity index is 2.00. The molecular formula is C19H31N. The molecule has 1 saturated carbocycles. The van der Waals surface area contributed by atoms with E-state index in [9.17, 15) is 0 Å². The smallest absolute Gasteiger partial charge is 0.00987 e. The second-order valence-corrected chi connectivity index (χ2v) is 6.60. The Kier molecular flexibility index (Phi) is 6.09. The maximum atomic E-state index is 3.80. The Labute approximate surface area is 125 Å². The van der Waals surface area contributed by atoms with Crippen LogP contribution in [0.15, 0.2) is 24.3 Å². The van der Waals surface area contributed by atoms with Crippen LogP contribution in [0, 0.1) is 18.8 Å². The fraction of sp³-hybridized carbons (Fsp3) is 0.684. The van der Waals surface area contributed by atoms with Crippen LogP contribution in [0.25, 0.3) is 0 Å². The third kappa shape index (κ3) is 4.34. The van der Waals surface area contributed by atoms with Gasteiger partial charge in [-0.25, -0.2) is 0 Å². The molecule has 0 aliphatic heterocycles. The maximum absolute atomic E-state index is 3.80. The minimum Gasteiger partial charge on any atom is -0.314 e. The lowest BCUT2D eigenvalue weighted by Gasteiger charge is -2.37. The van der Waals surface area contributed by atoms with Crippen molar-refractivity contribution in [1.29, 1.82) is 0 Å². The Morgan fingerprint density at radius 2 is 1.85 bits per heavy atom. The molecule has 1 aliphatic carbocycles. The van der Waals surface area contributed by atoms with Crippen LogP contribution in [-0.4, -0.2) is 12.6 Å². The molecule has 1 fully saturated rings. The summed E-state index contributed by atoms with van der Waals surface area (Å²) >= 11 is 0. The van der Waals surface area contributed by atoms with Crippen LogP contribution >= 0.6 is 0 Å². The molecule has 3 unspecified atom stereocenters. The highest BCUT2D eigenvalue weighted by Gasteiger charge is 2.29. The van der Waals surface area contributed by atoms with Crippen LogP contribution in [0.2, 0.25) is 0 Å². The molecule has 3 atom stereocenters. The highest BCUT2D eigenvalue weighted by Crippen LogP contribution is 2.33. The molecule has 0 saturated heterocycles. The predicted octanol–water partition coefficient (Wildman–Crippen LogP) is 4.73. The lowest BCUT2D eigenvalue weighted by Crippen LogP contribution is -2.41. The van der Waals surface area contributed by atoms with E-state index < -0.39 is 0 Å². The van der Waals surface area contributed by atoms with Crippen molar-refractivity contribution in [2.24, 2.45) is 11.8 Å². The predicted molar refractivity (Wildman–Crippen MR) is 88.1 cm³/mol. The molecule has 112 valence electrons. The summed E-state index contributed by atoms with van der Waals surface area (Å²) in [4.78, 5) is 0. The summed E-state index contributed by atoms with van der Waals surface area (Å²) < 4.78 is 0. The van der Waals surface area contributed by atoms with E-state index in [1.165, 1.54) is 56.2 Å².